The lowest BCUT2D eigenvalue weighted by atomic mass is 10.2. The van der Waals surface area contributed by atoms with Crippen molar-refractivity contribution in [3.8, 4) is 0 Å². The Hall–Kier alpha value is -1.66. The van der Waals surface area contributed by atoms with Crippen molar-refractivity contribution >= 4 is 11.6 Å². The van der Waals surface area contributed by atoms with Gasteiger partial charge in [0.1, 0.15) is 12.2 Å². The minimum Gasteiger partial charge on any atom is -0.397 e. The van der Waals surface area contributed by atoms with Crippen molar-refractivity contribution in [1.82, 2.24) is 9.47 Å². The van der Waals surface area contributed by atoms with E-state index in [4.69, 9.17) is 5.73 Å². The average Bonchev–Trinajstić information content (AvgIpc) is 2.73. The highest BCUT2D eigenvalue weighted by Gasteiger charge is 2.33. The Morgan fingerprint density at radius 3 is 2.55 bits per heavy atom. The highest BCUT2D eigenvalue weighted by atomic mass is 19.4. The molecule has 0 aromatic carbocycles. The standard InChI is InChI=1S/C13H20F3N3O/c1-3-5-6-19(9-13(14,15)16)12(20)11-7-10(17)8-18(11)4-2/h7-8H,3-6,9,17H2,1-2H3. The van der Waals surface area contributed by atoms with Crippen molar-refractivity contribution in [1.29, 1.82) is 0 Å². The number of unbranched alkanes of at least 4 members (excludes halogenated alkanes) is 1. The summed E-state index contributed by atoms with van der Waals surface area (Å²) in [6.07, 6.45) is -1.60. The molecule has 0 bridgehead atoms. The van der Waals surface area contributed by atoms with Crippen LogP contribution in [0.5, 0.6) is 0 Å². The van der Waals surface area contributed by atoms with E-state index in [1.807, 2.05) is 6.92 Å². The minimum absolute atomic E-state index is 0.0869. The fourth-order valence-electron chi connectivity index (χ4n) is 1.95. The maximum Gasteiger partial charge on any atom is 0.406 e. The normalized spacial score (nSPS) is 11.7. The number of aryl methyl sites for hydroxylation is 1. The predicted molar refractivity (Wildman–Crippen MR) is 71.4 cm³/mol. The molecule has 7 heteroatoms. The first-order valence-corrected chi connectivity index (χ1v) is 6.60. The van der Waals surface area contributed by atoms with Crippen molar-refractivity contribution < 1.29 is 18.0 Å². The summed E-state index contributed by atoms with van der Waals surface area (Å²) in [6.45, 7) is 3.00. The van der Waals surface area contributed by atoms with E-state index in [2.05, 4.69) is 0 Å². The molecule has 0 unspecified atom stereocenters. The molecule has 0 spiro atoms. The van der Waals surface area contributed by atoms with E-state index in [-0.39, 0.29) is 12.2 Å². The Morgan fingerprint density at radius 1 is 1.40 bits per heavy atom. The molecule has 1 amide bonds. The van der Waals surface area contributed by atoms with E-state index in [0.29, 0.717) is 18.7 Å². The first-order valence-electron chi connectivity index (χ1n) is 6.60. The number of nitrogens with two attached hydrogens (primary N) is 1. The first kappa shape index (κ1) is 16.4. The van der Waals surface area contributed by atoms with E-state index in [9.17, 15) is 18.0 Å². The molecule has 4 nitrogen and oxygen atoms in total. The quantitative estimate of drug-likeness (QED) is 0.876. The van der Waals surface area contributed by atoms with Gasteiger partial charge in [0.2, 0.25) is 0 Å². The lowest BCUT2D eigenvalue weighted by Crippen LogP contribution is -2.40. The van der Waals surface area contributed by atoms with Crippen LogP contribution in [-0.2, 0) is 6.54 Å². The third-order valence-corrected chi connectivity index (χ3v) is 2.92. The van der Waals surface area contributed by atoms with E-state index < -0.39 is 18.6 Å². The van der Waals surface area contributed by atoms with Crippen LogP contribution < -0.4 is 5.73 Å². The number of aromatic nitrogens is 1. The van der Waals surface area contributed by atoms with Crippen LogP contribution in [0.4, 0.5) is 18.9 Å². The van der Waals surface area contributed by atoms with Gasteiger partial charge in [-0.3, -0.25) is 4.79 Å². The van der Waals surface area contributed by atoms with Gasteiger partial charge in [-0.1, -0.05) is 13.3 Å². The molecular formula is C13H20F3N3O. The van der Waals surface area contributed by atoms with E-state index >= 15 is 0 Å². The van der Waals surface area contributed by atoms with Crippen LogP contribution in [0.15, 0.2) is 12.3 Å². The number of nitrogen functional groups attached to an aromatic ring is 1. The lowest BCUT2D eigenvalue weighted by molar-refractivity contribution is -0.140. The number of alkyl halides is 3. The van der Waals surface area contributed by atoms with Crippen LogP contribution in [0.3, 0.4) is 0 Å². The first-order chi connectivity index (χ1) is 9.28. The van der Waals surface area contributed by atoms with Gasteiger partial charge in [0.25, 0.3) is 5.91 Å². The smallest absolute Gasteiger partial charge is 0.397 e. The fourth-order valence-corrected chi connectivity index (χ4v) is 1.95. The minimum atomic E-state index is -4.40. The number of carbonyl (C=O) groups excluding carboxylic acids is 1. The van der Waals surface area contributed by atoms with Gasteiger partial charge in [0.15, 0.2) is 0 Å². The molecule has 1 rings (SSSR count). The molecule has 0 fully saturated rings. The largest absolute Gasteiger partial charge is 0.406 e. The number of rotatable bonds is 6. The number of halogens is 3. The SMILES string of the molecule is CCCCN(CC(F)(F)F)C(=O)c1cc(N)cn1CC. The summed E-state index contributed by atoms with van der Waals surface area (Å²) in [6, 6.07) is 1.42. The summed E-state index contributed by atoms with van der Waals surface area (Å²) in [5, 5.41) is 0. The average molecular weight is 291 g/mol. The number of hydrogen-bond donors (Lipinski definition) is 1. The number of hydrogen-bond acceptors (Lipinski definition) is 2. The molecule has 0 saturated carbocycles. The molecule has 0 aliphatic carbocycles. The third-order valence-electron chi connectivity index (χ3n) is 2.92. The second-order valence-corrected chi connectivity index (χ2v) is 4.64. The van der Waals surface area contributed by atoms with Crippen molar-refractivity contribution in [2.75, 3.05) is 18.8 Å². The van der Waals surface area contributed by atoms with Gasteiger partial charge < -0.3 is 15.2 Å². The summed E-state index contributed by atoms with van der Waals surface area (Å²) in [5.74, 6) is -0.630. The monoisotopic (exact) mass is 291 g/mol. The Bertz CT molecular complexity index is 454. The summed E-state index contributed by atoms with van der Waals surface area (Å²) < 4.78 is 39.3. The topological polar surface area (TPSA) is 51.3 Å². The van der Waals surface area contributed by atoms with Crippen molar-refractivity contribution in [2.24, 2.45) is 0 Å². The zero-order valence-electron chi connectivity index (χ0n) is 11.7. The molecule has 0 saturated heterocycles. The number of nitrogens with zero attached hydrogens (tertiary/aromatic N) is 2. The number of amides is 1. The molecular weight excluding hydrogens is 271 g/mol. The molecule has 2 N–H and O–H groups in total. The second-order valence-electron chi connectivity index (χ2n) is 4.64. The lowest BCUT2D eigenvalue weighted by Gasteiger charge is -2.24. The van der Waals surface area contributed by atoms with Gasteiger partial charge in [0.05, 0.1) is 5.69 Å². The van der Waals surface area contributed by atoms with Crippen LogP contribution in [0.2, 0.25) is 0 Å². The Morgan fingerprint density at radius 2 is 2.05 bits per heavy atom. The van der Waals surface area contributed by atoms with Crippen molar-refractivity contribution in [3.05, 3.63) is 18.0 Å². The molecule has 1 heterocycles. The van der Waals surface area contributed by atoms with Gasteiger partial charge in [-0.25, -0.2) is 0 Å². The Balaban J connectivity index is 2.96. The van der Waals surface area contributed by atoms with E-state index in [0.717, 1.165) is 11.3 Å². The molecule has 1 aromatic rings. The van der Waals surface area contributed by atoms with Crippen LogP contribution in [-0.4, -0.2) is 34.6 Å². The molecule has 20 heavy (non-hydrogen) atoms. The van der Waals surface area contributed by atoms with E-state index in [1.165, 1.54) is 6.07 Å². The van der Waals surface area contributed by atoms with Crippen LogP contribution >= 0.6 is 0 Å². The maximum absolute atomic E-state index is 12.6. The third kappa shape index (κ3) is 4.47. The molecule has 0 radical (unpaired) electrons. The van der Waals surface area contributed by atoms with Gasteiger partial charge in [0, 0.05) is 19.3 Å². The number of anilines is 1. The zero-order valence-corrected chi connectivity index (χ0v) is 11.7. The highest BCUT2D eigenvalue weighted by Crippen LogP contribution is 2.20. The van der Waals surface area contributed by atoms with Crippen LogP contribution in [0.25, 0.3) is 0 Å². The van der Waals surface area contributed by atoms with Crippen molar-refractivity contribution in [2.45, 2.75) is 39.4 Å². The summed E-state index contributed by atoms with van der Waals surface area (Å²) in [5.41, 5.74) is 6.18. The molecule has 114 valence electrons. The summed E-state index contributed by atoms with van der Waals surface area (Å²) in [7, 11) is 0. The van der Waals surface area contributed by atoms with E-state index in [1.54, 1.807) is 17.7 Å². The predicted octanol–water partition coefficient (Wildman–Crippen LogP) is 2.89. The zero-order chi connectivity index (χ0) is 15.3. The fraction of sp³-hybridized carbons (Fsp3) is 0.615. The van der Waals surface area contributed by atoms with Gasteiger partial charge in [-0.2, -0.15) is 13.2 Å². The summed E-state index contributed by atoms with van der Waals surface area (Å²) >= 11 is 0. The second kappa shape index (κ2) is 6.67. The van der Waals surface area contributed by atoms with Gasteiger partial charge >= 0.3 is 6.18 Å². The molecule has 1 aromatic heterocycles. The van der Waals surface area contributed by atoms with Crippen LogP contribution in [0.1, 0.15) is 37.2 Å². The highest BCUT2D eigenvalue weighted by molar-refractivity contribution is 5.93. The van der Waals surface area contributed by atoms with Gasteiger partial charge in [-0.05, 0) is 19.4 Å². The molecule has 0 aliphatic rings. The number of carbonyl (C=O) groups is 1. The summed E-state index contributed by atoms with van der Waals surface area (Å²) in [4.78, 5) is 13.1. The Kier molecular flexibility index (Phi) is 5.47. The van der Waals surface area contributed by atoms with Crippen molar-refractivity contribution in [3.63, 3.8) is 0 Å². The molecule has 0 aliphatic heterocycles. The van der Waals surface area contributed by atoms with Crippen LogP contribution in [0, 0.1) is 0 Å². The molecule has 0 atom stereocenters. The Labute approximate surface area is 116 Å². The van der Waals surface area contributed by atoms with Gasteiger partial charge in [-0.15, -0.1) is 0 Å². The maximum atomic E-state index is 12.6.